The number of carbonyl (C=O) groups is 2. The van der Waals surface area contributed by atoms with Crippen molar-refractivity contribution in [1.29, 1.82) is 0 Å². The summed E-state index contributed by atoms with van der Waals surface area (Å²) in [5.74, 6) is -0.0798. The van der Waals surface area contributed by atoms with E-state index in [1.165, 1.54) is 7.11 Å². The molecule has 2 aliphatic heterocycles. The number of benzene rings is 1. The minimum atomic E-state index is -0.711. The summed E-state index contributed by atoms with van der Waals surface area (Å²) in [6, 6.07) is 12.2. The fourth-order valence-electron chi connectivity index (χ4n) is 4.00. The third kappa shape index (κ3) is 4.58. The number of methoxy groups -OCH3 is 1. The van der Waals surface area contributed by atoms with Crippen molar-refractivity contribution in [2.45, 2.75) is 24.4 Å². The van der Waals surface area contributed by atoms with Crippen LogP contribution in [-0.2, 0) is 18.9 Å². The van der Waals surface area contributed by atoms with Crippen molar-refractivity contribution >= 4 is 35.0 Å². The highest BCUT2D eigenvalue weighted by molar-refractivity contribution is 7.13. The summed E-state index contributed by atoms with van der Waals surface area (Å²) < 4.78 is 22.1. The molecular formula is C23H22N4O6S. The van der Waals surface area contributed by atoms with Crippen molar-refractivity contribution in [3.8, 4) is 10.6 Å². The van der Waals surface area contributed by atoms with Gasteiger partial charge in [0, 0.05) is 6.20 Å². The highest BCUT2D eigenvalue weighted by Crippen LogP contribution is 2.31. The summed E-state index contributed by atoms with van der Waals surface area (Å²) in [7, 11) is 1.28. The van der Waals surface area contributed by atoms with E-state index in [1.54, 1.807) is 41.8 Å². The maximum Gasteiger partial charge on any atom is 0.412 e. The molecule has 10 nitrogen and oxygen atoms in total. The van der Waals surface area contributed by atoms with Gasteiger partial charge in [-0.05, 0) is 29.6 Å². The third-order valence-corrected chi connectivity index (χ3v) is 6.47. The minimum absolute atomic E-state index is 0.190. The average molecular weight is 483 g/mol. The van der Waals surface area contributed by atoms with Gasteiger partial charge in [-0.2, -0.15) is 0 Å². The van der Waals surface area contributed by atoms with E-state index in [2.05, 4.69) is 20.6 Å². The number of fused-ring (bicyclic) bond motifs is 1. The Morgan fingerprint density at radius 2 is 1.94 bits per heavy atom. The SMILES string of the molecule is COC(=O)c1ccccc1NC(=O)O[C@H]1CO[C@@H]2[C@@H]1OC[C@@H]2Nc1nccc(-c2cccs2)n1. The first kappa shape index (κ1) is 22.3. The van der Waals surface area contributed by atoms with Crippen molar-refractivity contribution in [1.82, 2.24) is 9.97 Å². The summed E-state index contributed by atoms with van der Waals surface area (Å²) in [6.07, 6.45) is -0.359. The van der Waals surface area contributed by atoms with Crippen LogP contribution in [0.1, 0.15) is 10.4 Å². The monoisotopic (exact) mass is 482 g/mol. The van der Waals surface area contributed by atoms with Crippen LogP contribution in [0, 0.1) is 0 Å². The van der Waals surface area contributed by atoms with Gasteiger partial charge in [0.25, 0.3) is 0 Å². The first-order chi connectivity index (χ1) is 16.6. The summed E-state index contributed by atoms with van der Waals surface area (Å²) in [6.45, 7) is 0.546. The standard InChI is InChI=1S/C23H22N4O6S/c1-30-21(28)13-5-2-3-6-14(13)27-23(29)33-17-12-32-19-16(11-31-20(17)19)26-22-24-9-8-15(25-22)18-7-4-10-34-18/h2-10,16-17,19-20H,11-12H2,1H3,(H,27,29)(H,24,25,26)/t16-,17-,19-,20+/m0/s1. The number of thiophene rings is 1. The Morgan fingerprint density at radius 3 is 2.76 bits per heavy atom. The predicted molar refractivity (Wildman–Crippen MR) is 124 cm³/mol. The molecule has 0 saturated carbocycles. The quantitative estimate of drug-likeness (QED) is 0.510. The first-order valence-electron chi connectivity index (χ1n) is 10.6. The molecule has 1 amide bonds. The maximum atomic E-state index is 12.5. The van der Waals surface area contributed by atoms with E-state index >= 15 is 0 Å². The van der Waals surface area contributed by atoms with Gasteiger partial charge >= 0.3 is 12.1 Å². The van der Waals surface area contributed by atoms with Crippen molar-refractivity contribution in [3.05, 3.63) is 59.6 Å². The minimum Gasteiger partial charge on any atom is -0.465 e. The van der Waals surface area contributed by atoms with Crippen LogP contribution in [0.25, 0.3) is 10.6 Å². The van der Waals surface area contributed by atoms with Crippen molar-refractivity contribution in [2.24, 2.45) is 0 Å². The molecule has 0 spiro atoms. The smallest absolute Gasteiger partial charge is 0.412 e. The Morgan fingerprint density at radius 1 is 1.09 bits per heavy atom. The number of ether oxygens (including phenoxy) is 4. The second kappa shape index (κ2) is 9.75. The summed E-state index contributed by atoms with van der Waals surface area (Å²) in [5, 5.41) is 7.87. The number of nitrogens with one attached hydrogen (secondary N) is 2. The zero-order valence-electron chi connectivity index (χ0n) is 18.2. The second-order valence-corrected chi connectivity index (χ2v) is 8.64. The highest BCUT2D eigenvalue weighted by Gasteiger charge is 2.49. The molecule has 0 radical (unpaired) electrons. The molecule has 11 heteroatoms. The molecule has 0 aliphatic carbocycles. The first-order valence-corrected chi connectivity index (χ1v) is 11.5. The number of rotatable bonds is 6. The molecule has 2 fully saturated rings. The van der Waals surface area contributed by atoms with Crippen LogP contribution in [0.2, 0.25) is 0 Å². The van der Waals surface area contributed by atoms with Gasteiger partial charge in [0.05, 0.1) is 48.2 Å². The van der Waals surface area contributed by atoms with E-state index in [0.29, 0.717) is 18.2 Å². The van der Waals surface area contributed by atoms with Crippen LogP contribution in [0.4, 0.5) is 16.4 Å². The lowest BCUT2D eigenvalue weighted by atomic mass is 10.1. The van der Waals surface area contributed by atoms with Crippen LogP contribution in [-0.4, -0.2) is 66.7 Å². The number of carbonyl (C=O) groups excluding carboxylic acids is 2. The Bertz CT molecular complexity index is 1170. The Balaban J connectivity index is 1.20. The topological polar surface area (TPSA) is 121 Å². The lowest BCUT2D eigenvalue weighted by Gasteiger charge is -2.18. The van der Waals surface area contributed by atoms with Crippen molar-refractivity contribution < 1.29 is 28.5 Å². The molecule has 0 unspecified atom stereocenters. The zero-order valence-corrected chi connectivity index (χ0v) is 19.0. The average Bonchev–Trinajstić information content (AvgIpc) is 3.60. The number of hydrogen-bond donors (Lipinski definition) is 2. The fourth-order valence-corrected chi connectivity index (χ4v) is 4.70. The van der Waals surface area contributed by atoms with Crippen LogP contribution in [0.5, 0.6) is 0 Å². The molecule has 4 heterocycles. The number of aromatic nitrogens is 2. The van der Waals surface area contributed by atoms with Gasteiger partial charge < -0.3 is 24.3 Å². The second-order valence-electron chi connectivity index (χ2n) is 7.70. The lowest BCUT2D eigenvalue weighted by Crippen LogP contribution is -2.38. The van der Waals surface area contributed by atoms with Gasteiger partial charge in [-0.3, -0.25) is 5.32 Å². The van der Waals surface area contributed by atoms with Crippen LogP contribution >= 0.6 is 11.3 Å². The van der Waals surface area contributed by atoms with E-state index in [0.717, 1.165) is 10.6 Å². The van der Waals surface area contributed by atoms with Gasteiger partial charge in [0.15, 0.2) is 6.10 Å². The summed E-state index contributed by atoms with van der Waals surface area (Å²) in [4.78, 5) is 34.4. The number of amides is 1. The normalized spacial score (nSPS) is 23.2. The Kier molecular flexibility index (Phi) is 6.39. The fraction of sp³-hybridized carbons (Fsp3) is 0.304. The summed E-state index contributed by atoms with van der Waals surface area (Å²) in [5.41, 5.74) is 1.36. The Hall–Kier alpha value is -3.54. The van der Waals surface area contributed by atoms with Gasteiger partial charge in [-0.1, -0.05) is 18.2 Å². The van der Waals surface area contributed by atoms with E-state index in [1.807, 2.05) is 23.6 Å². The maximum absolute atomic E-state index is 12.5. The van der Waals surface area contributed by atoms with Gasteiger partial charge in [-0.25, -0.2) is 19.6 Å². The molecule has 176 valence electrons. The van der Waals surface area contributed by atoms with Crippen molar-refractivity contribution in [2.75, 3.05) is 31.0 Å². The van der Waals surface area contributed by atoms with E-state index in [-0.39, 0.29) is 24.3 Å². The molecular weight excluding hydrogens is 460 g/mol. The van der Waals surface area contributed by atoms with Crippen molar-refractivity contribution in [3.63, 3.8) is 0 Å². The molecule has 2 aliphatic rings. The van der Waals surface area contributed by atoms with E-state index in [4.69, 9.17) is 18.9 Å². The molecule has 5 rings (SSSR count). The number of para-hydroxylation sites is 1. The Labute approximate surface area is 199 Å². The molecule has 34 heavy (non-hydrogen) atoms. The predicted octanol–water partition coefficient (Wildman–Crippen LogP) is 3.19. The van der Waals surface area contributed by atoms with E-state index in [9.17, 15) is 9.59 Å². The molecule has 2 saturated heterocycles. The van der Waals surface area contributed by atoms with E-state index < -0.39 is 24.3 Å². The molecule has 3 aromatic rings. The molecule has 2 N–H and O–H groups in total. The summed E-state index contributed by atoms with van der Waals surface area (Å²) >= 11 is 1.61. The highest BCUT2D eigenvalue weighted by atomic mass is 32.1. The number of anilines is 2. The lowest BCUT2D eigenvalue weighted by molar-refractivity contribution is 0.00916. The van der Waals surface area contributed by atoms with Gasteiger partial charge in [0.2, 0.25) is 5.95 Å². The number of hydrogen-bond acceptors (Lipinski definition) is 10. The van der Waals surface area contributed by atoms with Crippen LogP contribution in [0.3, 0.4) is 0 Å². The number of nitrogens with zero attached hydrogens (tertiary/aromatic N) is 2. The third-order valence-electron chi connectivity index (χ3n) is 5.58. The van der Waals surface area contributed by atoms with Gasteiger partial charge in [-0.15, -0.1) is 11.3 Å². The number of esters is 1. The van der Waals surface area contributed by atoms with Crippen LogP contribution < -0.4 is 10.6 Å². The molecule has 1 aromatic carbocycles. The van der Waals surface area contributed by atoms with Gasteiger partial charge in [0.1, 0.15) is 12.2 Å². The largest absolute Gasteiger partial charge is 0.465 e. The zero-order chi connectivity index (χ0) is 23.5. The molecule has 2 aromatic heterocycles. The molecule has 0 bridgehead atoms. The molecule has 4 atom stereocenters. The van der Waals surface area contributed by atoms with Crippen LogP contribution in [0.15, 0.2) is 54.0 Å².